The van der Waals surface area contributed by atoms with Crippen molar-refractivity contribution in [2.24, 2.45) is 10.9 Å². The smallest absolute Gasteiger partial charge is 0.191 e. The summed E-state index contributed by atoms with van der Waals surface area (Å²) in [4.78, 5) is 12.1. The molecule has 0 amide bonds. The molecule has 0 saturated carbocycles. The Morgan fingerprint density at radius 2 is 2.11 bits per heavy atom. The van der Waals surface area contributed by atoms with Gasteiger partial charge in [-0.05, 0) is 36.5 Å². The number of hydrogen-bond acceptors (Lipinski definition) is 2. The summed E-state index contributed by atoms with van der Waals surface area (Å²) in [5.74, 6) is 2.42. The van der Waals surface area contributed by atoms with Crippen molar-refractivity contribution >= 4 is 40.8 Å². The van der Waals surface area contributed by atoms with Crippen molar-refractivity contribution in [2.75, 3.05) is 13.6 Å². The topological polar surface area (TPSA) is 70.0 Å². The highest BCUT2D eigenvalue weighted by Crippen LogP contribution is 2.19. The highest BCUT2D eigenvalue weighted by atomic mass is 127. The zero-order valence-electron chi connectivity index (χ0n) is 17.1. The molecule has 0 bridgehead atoms. The number of guanidine groups is 1. The van der Waals surface area contributed by atoms with Gasteiger partial charge in [0.05, 0.1) is 6.54 Å². The van der Waals surface area contributed by atoms with Crippen LogP contribution in [-0.4, -0.2) is 34.1 Å². The lowest BCUT2D eigenvalue weighted by atomic mass is 10.1. The lowest BCUT2D eigenvalue weighted by Crippen LogP contribution is -2.38. The van der Waals surface area contributed by atoms with Crippen LogP contribution in [0.2, 0.25) is 0 Å². The zero-order valence-corrected chi connectivity index (χ0v) is 19.5. The Bertz CT molecular complexity index is 909. The molecule has 0 aliphatic carbocycles. The number of aliphatic imine (C=N–C) groups is 1. The monoisotopic (exact) mass is 494 g/mol. The van der Waals surface area contributed by atoms with Crippen LogP contribution in [0.25, 0.3) is 10.9 Å². The highest BCUT2D eigenvalue weighted by Gasteiger charge is 2.07. The fraction of sp³-hybridized carbons (Fsp3) is 0.429. The van der Waals surface area contributed by atoms with E-state index in [2.05, 4.69) is 75.3 Å². The van der Waals surface area contributed by atoms with Gasteiger partial charge in [0.15, 0.2) is 5.96 Å². The summed E-state index contributed by atoms with van der Waals surface area (Å²) in [5.41, 5.74) is 3.79. The Morgan fingerprint density at radius 1 is 1.29 bits per heavy atom. The Labute approximate surface area is 184 Å². The summed E-state index contributed by atoms with van der Waals surface area (Å²) in [6, 6.07) is 6.54. The van der Waals surface area contributed by atoms with E-state index in [9.17, 15) is 0 Å². The van der Waals surface area contributed by atoms with Gasteiger partial charge in [-0.25, -0.2) is 4.98 Å². The molecular formula is C21H31IN6. The number of halogens is 1. The number of aromatic amines is 1. The summed E-state index contributed by atoms with van der Waals surface area (Å²) in [6.07, 6.45) is 6.93. The molecule has 2 heterocycles. The molecule has 3 N–H and O–H groups in total. The molecule has 3 aromatic rings. The van der Waals surface area contributed by atoms with E-state index in [1.54, 1.807) is 7.05 Å². The van der Waals surface area contributed by atoms with Crippen LogP contribution in [0, 0.1) is 12.8 Å². The molecule has 0 aliphatic heterocycles. The normalized spacial score (nSPS) is 11.7. The van der Waals surface area contributed by atoms with E-state index in [4.69, 9.17) is 0 Å². The summed E-state index contributed by atoms with van der Waals surface area (Å²) in [7, 11) is 1.80. The average Bonchev–Trinajstić information content (AvgIpc) is 3.24. The lowest BCUT2D eigenvalue weighted by molar-refractivity contribution is 0.503. The average molecular weight is 494 g/mol. The largest absolute Gasteiger partial charge is 0.361 e. The summed E-state index contributed by atoms with van der Waals surface area (Å²) >= 11 is 0. The summed E-state index contributed by atoms with van der Waals surface area (Å²) in [5, 5.41) is 8.05. The van der Waals surface area contributed by atoms with E-state index < -0.39 is 0 Å². The predicted molar refractivity (Wildman–Crippen MR) is 127 cm³/mol. The minimum atomic E-state index is 0. The van der Waals surface area contributed by atoms with E-state index in [1.807, 2.05) is 12.4 Å². The number of aromatic nitrogens is 3. The van der Waals surface area contributed by atoms with Crippen molar-refractivity contribution in [3.8, 4) is 0 Å². The van der Waals surface area contributed by atoms with Gasteiger partial charge in [0.1, 0.15) is 5.82 Å². The van der Waals surface area contributed by atoms with Gasteiger partial charge in [-0.15, -0.1) is 24.0 Å². The minimum Gasteiger partial charge on any atom is -0.361 e. The fourth-order valence-corrected chi connectivity index (χ4v) is 3.27. The third-order valence-corrected chi connectivity index (χ3v) is 4.61. The van der Waals surface area contributed by atoms with Crippen molar-refractivity contribution in [1.82, 2.24) is 25.2 Å². The van der Waals surface area contributed by atoms with Gasteiger partial charge in [0, 0.05) is 49.6 Å². The van der Waals surface area contributed by atoms with E-state index in [0.29, 0.717) is 12.5 Å². The maximum absolute atomic E-state index is 4.45. The van der Waals surface area contributed by atoms with Crippen LogP contribution in [0.5, 0.6) is 0 Å². The Hall–Kier alpha value is -2.03. The molecule has 0 unspecified atom stereocenters. The van der Waals surface area contributed by atoms with Crippen molar-refractivity contribution in [3.63, 3.8) is 0 Å². The Balaban J connectivity index is 0.00000280. The number of fused-ring (bicyclic) bond motifs is 1. The fourth-order valence-electron chi connectivity index (χ4n) is 3.27. The predicted octanol–water partition coefficient (Wildman–Crippen LogP) is 3.85. The van der Waals surface area contributed by atoms with Gasteiger partial charge in [-0.1, -0.05) is 26.0 Å². The lowest BCUT2D eigenvalue weighted by Gasteiger charge is -2.14. The van der Waals surface area contributed by atoms with Gasteiger partial charge in [0.2, 0.25) is 0 Å². The van der Waals surface area contributed by atoms with Crippen LogP contribution in [0.15, 0.2) is 41.8 Å². The zero-order chi connectivity index (χ0) is 19.2. The molecular weight excluding hydrogens is 463 g/mol. The molecule has 0 saturated heterocycles. The van der Waals surface area contributed by atoms with Crippen LogP contribution in [0.4, 0.5) is 0 Å². The molecule has 7 heteroatoms. The van der Waals surface area contributed by atoms with E-state index in [0.717, 1.165) is 31.3 Å². The Kier molecular flexibility index (Phi) is 8.35. The number of imidazole rings is 1. The third-order valence-electron chi connectivity index (χ3n) is 4.61. The standard InChI is InChI=1S/C21H30N6.HI/c1-15(2)14-27-10-9-23-20(27)13-26-21(22-4)24-8-7-17-12-25-19-11-16(3)5-6-18(17)19;/h5-6,9-12,15,25H,7-8,13-14H2,1-4H3,(H2,22,24,26);1H. The molecule has 0 aliphatic rings. The van der Waals surface area contributed by atoms with E-state index >= 15 is 0 Å². The first-order valence-electron chi connectivity index (χ1n) is 9.58. The first-order chi connectivity index (χ1) is 13.1. The number of nitrogens with one attached hydrogen (secondary N) is 3. The van der Waals surface area contributed by atoms with Crippen LogP contribution in [-0.2, 0) is 19.5 Å². The second-order valence-corrected chi connectivity index (χ2v) is 7.36. The van der Waals surface area contributed by atoms with Gasteiger partial charge in [-0.3, -0.25) is 4.99 Å². The number of hydrogen-bond donors (Lipinski definition) is 3. The number of H-pyrrole nitrogens is 1. The van der Waals surface area contributed by atoms with Gasteiger partial charge in [0.25, 0.3) is 0 Å². The second kappa shape index (κ2) is 10.5. The Morgan fingerprint density at radius 3 is 2.86 bits per heavy atom. The molecule has 28 heavy (non-hydrogen) atoms. The van der Waals surface area contributed by atoms with Crippen molar-refractivity contribution in [2.45, 2.75) is 40.3 Å². The van der Waals surface area contributed by atoms with Gasteiger partial charge in [-0.2, -0.15) is 0 Å². The first kappa shape index (κ1) is 22.3. The van der Waals surface area contributed by atoms with Crippen molar-refractivity contribution in [3.05, 3.63) is 53.7 Å². The maximum atomic E-state index is 4.45. The highest BCUT2D eigenvalue weighted by molar-refractivity contribution is 14.0. The molecule has 0 fully saturated rings. The second-order valence-electron chi connectivity index (χ2n) is 7.36. The molecule has 2 aromatic heterocycles. The summed E-state index contributed by atoms with van der Waals surface area (Å²) in [6.45, 7) is 8.99. The van der Waals surface area contributed by atoms with Crippen molar-refractivity contribution in [1.29, 1.82) is 0 Å². The molecule has 3 rings (SSSR count). The number of benzene rings is 1. The third kappa shape index (κ3) is 5.73. The number of nitrogens with zero attached hydrogens (tertiary/aromatic N) is 3. The first-order valence-corrected chi connectivity index (χ1v) is 9.58. The molecule has 1 aromatic carbocycles. The van der Waals surface area contributed by atoms with E-state index in [-0.39, 0.29) is 24.0 Å². The molecule has 0 spiro atoms. The molecule has 152 valence electrons. The molecule has 6 nitrogen and oxygen atoms in total. The van der Waals surface area contributed by atoms with Gasteiger partial charge < -0.3 is 20.2 Å². The molecule has 0 atom stereocenters. The quantitative estimate of drug-likeness (QED) is 0.266. The minimum absolute atomic E-state index is 0. The van der Waals surface area contributed by atoms with Crippen LogP contribution >= 0.6 is 24.0 Å². The van der Waals surface area contributed by atoms with Crippen LogP contribution in [0.1, 0.15) is 30.8 Å². The van der Waals surface area contributed by atoms with Gasteiger partial charge >= 0.3 is 0 Å². The SMILES string of the molecule is CN=C(NCCc1c[nH]c2cc(C)ccc12)NCc1nccn1CC(C)C.I. The van der Waals surface area contributed by atoms with Crippen LogP contribution < -0.4 is 10.6 Å². The maximum Gasteiger partial charge on any atom is 0.191 e. The molecule has 0 radical (unpaired) electrons. The number of rotatable bonds is 7. The van der Waals surface area contributed by atoms with Crippen LogP contribution in [0.3, 0.4) is 0 Å². The van der Waals surface area contributed by atoms with Crippen molar-refractivity contribution < 1.29 is 0 Å². The summed E-state index contributed by atoms with van der Waals surface area (Å²) < 4.78 is 2.19. The number of aryl methyl sites for hydroxylation is 1. The van der Waals surface area contributed by atoms with E-state index in [1.165, 1.54) is 22.0 Å².